The van der Waals surface area contributed by atoms with E-state index in [4.69, 9.17) is 23.5 Å². The lowest BCUT2D eigenvalue weighted by Crippen LogP contribution is -2.61. The van der Waals surface area contributed by atoms with Crippen LogP contribution in [0, 0.1) is 0 Å². The molecule has 0 radical (unpaired) electrons. The molecule has 0 spiro atoms. The summed E-state index contributed by atoms with van der Waals surface area (Å²) in [6.45, 7) is 0.0616. The van der Waals surface area contributed by atoms with Crippen molar-refractivity contribution in [3.63, 3.8) is 0 Å². The van der Waals surface area contributed by atoms with Crippen LogP contribution >= 0.6 is 0 Å². The summed E-state index contributed by atoms with van der Waals surface area (Å²) in [5.74, 6) is -5.43. The Morgan fingerprint density at radius 3 is 2.36 bits per heavy atom. The predicted octanol–water partition coefficient (Wildman–Crippen LogP) is -2.74. The van der Waals surface area contributed by atoms with Gasteiger partial charge in [-0.25, -0.2) is 4.79 Å². The van der Waals surface area contributed by atoms with Crippen molar-refractivity contribution in [2.24, 2.45) is 0 Å². The average Bonchev–Trinajstić information content (AvgIpc) is 3.57. The van der Waals surface area contributed by atoms with E-state index in [1.54, 1.807) is 18.2 Å². The molecule has 21 heteroatoms. The van der Waals surface area contributed by atoms with Crippen molar-refractivity contribution in [2.45, 2.75) is 82.0 Å². The Kier molecular flexibility index (Phi) is 14.0. The van der Waals surface area contributed by atoms with Crippen LogP contribution in [0.3, 0.4) is 0 Å². The molecule has 3 aliphatic heterocycles. The number of aryl methyl sites for hydroxylation is 1. The number of aliphatic hydroxyl groups is 3. The number of ether oxygens (including phenoxy) is 4. The summed E-state index contributed by atoms with van der Waals surface area (Å²) in [5, 5.41) is 42.6. The van der Waals surface area contributed by atoms with Gasteiger partial charge in [0.25, 0.3) is 21.9 Å². The fraction of sp³-hybridized carbons (Fsp3) is 0.562. The molecule has 4 amide bonds. The zero-order chi connectivity index (χ0) is 39.0. The van der Waals surface area contributed by atoms with Gasteiger partial charge in [-0.3, -0.25) is 33.4 Å². The summed E-state index contributed by atoms with van der Waals surface area (Å²) in [6.07, 6.45) is -5.87. The molecule has 4 rings (SSSR count). The van der Waals surface area contributed by atoms with Crippen LogP contribution in [0.15, 0.2) is 30.4 Å². The number of carbonyl (C=O) groups excluding carboxylic acids is 5. The normalized spacial score (nSPS) is 25.9. The summed E-state index contributed by atoms with van der Waals surface area (Å²) in [6, 6.07) is 2.85. The fourth-order valence-corrected chi connectivity index (χ4v) is 6.20. The minimum atomic E-state index is -4.31. The summed E-state index contributed by atoms with van der Waals surface area (Å²) in [7, 11) is -4.31. The van der Waals surface area contributed by atoms with Crippen molar-refractivity contribution in [3.8, 4) is 5.75 Å². The second-order valence-electron chi connectivity index (χ2n) is 12.5. The molecule has 2 fully saturated rings. The molecule has 53 heavy (non-hydrogen) atoms. The van der Waals surface area contributed by atoms with Gasteiger partial charge in [-0.1, -0.05) is 12.1 Å². The minimum Gasteiger partial charge on any atom is -0.479 e. The van der Waals surface area contributed by atoms with Crippen LogP contribution < -0.4 is 10.1 Å². The number of aliphatic hydroxyl groups excluding tert-OH is 3. The summed E-state index contributed by atoms with van der Waals surface area (Å²) in [4.78, 5) is 75.5. The molecule has 6 N–H and O–H groups in total. The first-order chi connectivity index (χ1) is 25.0. The standard InChI is InChI=1S/C32H41N3O17S/c1-17(36)50-15-19-6-5-18(12-22(19)51-32-28(42)26(40)27(41)29(52-32)31(44)45)4-2-3-9-33-23(37)14-34-20(16-49-10-11-53(46,47)48)13-21(30(34)43)35-24(38)7-8-25(35)39/h5-8,12,20-21,26-29,32,40-42H,2-4,9-11,13-16H2,1H3,(H,33,37)(H,44,45)(H,46,47,48)/t20-,21-,26-,27-,28+,29-,32+/m0/s1. The van der Waals surface area contributed by atoms with E-state index in [9.17, 15) is 57.6 Å². The number of imide groups is 1. The highest BCUT2D eigenvalue weighted by molar-refractivity contribution is 7.85. The maximum atomic E-state index is 13.3. The smallest absolute Gasteiger partial charge is 0.335 e. The molecular weight excluding hydrogens is 730 g/mol. The number of amides is 4. The lowest BCUT2D eigenvalue weighted by molar-refractivity contribution is -0.271. The van der Waals surface area contributed by atoms with E-state index in [1.807, 2.05) is 0 Å². The van der Waals surface area contributed by atoms with Crippen molar-refractivity contribution >= 4 is 45.7 Å². The third kappa shape index (κ3) is 11.0. The van der Waals surface area contributed by atoms with E-state index in [2.05, 4.69) is 5.32 Å². The first-order valence-electron chi connectivity index (χ1n) is 16.5. The third-order valence-electron chi connectivity index (χ3n) is 8.60. The molecule has 3 aliphatic rings. The summed E-state index contributed by atoms with van der Waals surface area (Å²) < 4.78 is 52.3. The quantitative estimate of drug-likeness (QED) is 0.0382. The van der Waals surface area contributed by atoms with Gasteiger partial charge in [-0.05, 0) is 30.9 Å². The van der Waals surface area contributed by atoms with Gasteiger partial charge in [0, 0.05) is 37.6 Å². The molecule has 1 aromatic rings. The lowest BCUT2D eigenvalue weighted by Gasteiger charge is -2.38. The number of hydrogen-bond acceptors (Lipinski definition) is 15. The number of carboxylic acids is 1. The van der Waals surface area contributed by atoms with Crippen LogP contribution in [0.25, 0.3) is 0 Å². The molecule has 0 unspecified atom stereocenters. The number of aliphatic carboxylic acids is 1. The van der Waals surface area contributed by atoms with Crippen LogP contribution in [0.5, 0.6) is 5.75 Å². The number of rotatable bonds is 18. The number of likely N-dealkylation sites (tertiary alicyclic amines) is 1. The number of nitrogens with zero attached hydrogens (tertiary/aromatic N) is 2. The van der Waals surface area contributed by atoms with E-state index >= 15 is 0 Å². The highest BCUT2D eigenvalue weighted by atomic mass is 32.2. The molecule has 0 bridgehead atoms. The van der Waals surface area contributed by atoms with E-state index in [0.717, 1.165) is 22.0 Å². The van der Waals surface area contributed by atoms with E-state index in [1.165, 1.54) is 6.92 Å². The van der Waals surface area contributed by atoms with Crippen LogP contribution in [-0.4, -0.2) is 154 Å². The number of carbonyl (C=O) groups is 6. The van der Waals surface area contributed by atoms with Crippen LogP contribution in [0.1, 0.15) is 37.3 Å². The highest BCUT2D eigenvalue weighted by Crippen LogP contribution is 2.29. The maximum Gasteiger partial charge on any atom is 0.335 e. The number of hydrogen-bond donors (Lipinski definition) is 6. The molecule has 292 valence electrons. The number of carboxylic acid groups (broad SMARTS) is 1. The zero-order valence-corrected chi connectivity index (χ0v) is 29.3. The lowest BCUT2D eigenvalue weighted by atomic mass is 9.99. The Bertz CT molecular complexity index is 1680. The molecule has 0 saturated carbocycles. The van der Waals surface area contributed by atoms with Gasteiger partial charge in [-0.2, -0.15) is 8.42 Å². The Balaban J connectivity index is 1.33. The van der Waals surface area contributed by atoms with Gasteiger partial charge in [0.15, 0.2) is 6.10 Å². The molecule has 1 aromatic carbocycles. The highest BCUT2D eigenvalue weighted by Gasteiger charge is 2.49. The Hall–Kier alpha value is -4.51. The predicted molar refractivity (Wildman–Crippen MR) is 175 cm³/mol. The summed E-state index contributed by atoms with van der Waals surface area (Å²) in [5.41, 5.74) is 1.01. The molecule has 2 saturated heterocycles. The topological polar surface area (TPSA) is 293 Å². The van der Waals surface area contributed by atoms with Crippen LogP contribution in [0.4, 0.5) is 0 Å². The van der Waals surface area contributed by atoms with E-state index in [0.29, 0.717) is 30.4 Å². The van der Waals surface area contributed by atoms with Gasteiger partial charge in [0.05, 0.1) is 31.6 Å². The second kappa shape index (κ2) is 18.0. The van der Waals surface area contributed by atoms with Gasteiger partial charge in [0.1, 0.15) is 36.7 Å². The monoisotopic (exact) mass is 771 g/mol. The molecular formula is C32H41N3O17S. The first kappa shape index (κ1) is 41.2. The molecule has 20 nitrogen and oxygen atoms in total. The molecule has 7 atom stereocenters. The average molecular weight is 772 g/mol. The van der Waals surface area contributed by atoms with Gasteiger partial charge in [-0.15, -0.1) is 0 Å². The van der Waals surface area contributed by atoms with Gasteiger partial charge in [0.2, 0.25) is 18.1 Å². The van der Waals surface area contributed by atoms with Gasteiger partial charge >= 0.3 is 11.9 Å². The van der Waals surface area contributed by atoms with Gasteiger partial charge < -0.3 is 49.6 Å². The maximum absolute atomic E-state index is 13.3. The second-order valence-corrected chi connectivity index (χ2v) is 14.1. The van der Waals surface area contributed by atoms with Crippen molar-refractivity contribution < 1.29 is 81.1 Å². The number of benzene rings is 1. The van der Waals surface area contributed by atoms with E-state index < -0.39 is 107 Å². The summed E-state index contributed by atoms with van der Waals surface area (Å²) >= 11 is 0. The van der Waals surface area contributed by atoms with Crippen LogP contribution in [-0.2, 0) is 66.1 Å². The van der Waals surface area contributed by atoms with Crippen molar-refractivity contribution in [3.05, 3.63) is 41.5 Å². The fourth-order valence-electron chi connectivity index (χ4n) is 5.87. The minimum absolute atomic E-state index is 0.0482. The van der Waals surface area contributed by atoms with E-state index in [-0.39, 0.29) is 31.9 Å². The molecule has 0 aliphatic carbocycles. The number of nitrogens with one attached hydrogen (secondary N) is 1. The van der Waals surface area contributed by atoms with Crippen molar-refractivity contribution in [1.82, 2.24) is 15.1 Å². The van der Waals surface area contributed by atoms with Crippen molar-refractivity contribution in [1.29, 1.82) is 0 Å². The SMILES string of the molecule is CC(=O)OCc1ccc(CCCCNC(=O)CN2C(=O)[C@@H](N3C(=O)C=CC3=O)C[C@H]2COCCS(=O)(=O)O)cc1O[C@@H]1O[C@H](C(=O)O)[C@@H](O)[C@H](O)[C@H]1O. The number of unbranched alkanes of at least 4 members (excludes halogenated alkanes) is 1. The third-order valence-corrected chi connectivity index (χ3v) is 9.28. The van der Waals surface area contributed by atoms with Crippen molar-refractivity contribution in [2.75, 3.05) is 32.1 Å². The molecule has 0 aromatic heterocycles. The Labute approximate surface area is 303 Å². The zero-order valence-electron chi connectivity index (χ0n) is 28.4. The van der Waals surface area contributed by atoms with Crippen LogP contribution in [0.2, 0.25) is 0 Å². The largest absolute Gasteiger partial charge is 0.479 e. The molecule has 3 heterocycles. The Morgan fingerprint density at radius 1 is 1.02 bits per heavy atom. The first-order valence-corrected chi connectivity index (χ1v) is 18.1. The number of esters is 1. The Morgan fingerprint density at radius 2 is 1.72 bits per heavy atom.